The molecule has 20 heavy (non-hydrogen) atoms. The predicted molar refractivity (Wildman–Crippen MR) is 65.7 cm³/mol. The lowest BCUT2D eigenvalue weighted by Gasteiger charge is -2.01. The van der Waals surface area contributed by atoms with E-state index in [0.717, 1.165) is 12.1 Å². The summed E-state index contributed by atoms with van der Waals surface area (Å²) in [6, 6.07) is 7.07. The molecule has 0 aliphatic carbocycles. The Bertz CT molecular complexity index is 548. The third kappa shape index (κ3) is 3.67. The van der Waals surface area contributed by atoms with E-state index in [4.69, 9.17) is 9.68 Å². The molecule has 0 amide bonds. The van der Waals surface area contributed by atoms with Gasteiger partial charge in [0.05, 0.1) is 10.6 Å². The van der Waals surface area contributed by atoms with Crippen LogP contribution in [0.4, 0.5) is 0 Å². The van der Waals surface area contributed by atoms with E-state index >= 15 is 0 Å². The molecular formula is C12H10N2O6. The van der Waals surface area contributed by atoms with Crippen molar-refractivity contribution in [3.63, 3.8) is 0 Å². The summed E-state index contributed by atoms with van der Waals surface area (Å²) >= 11 is 0. The molecule has 0 heterocycles. The van der Waals surface area contributed by atoms with Crippen molar-refractivity contribution < 1.29 is 30.1 Å². The molecule has 0 bridgehead atoms. The Balaban J connectivity index is 1.96. The normalized spacial score (nSPS) is 10.6. The van der Waals surface area contributed by atoms with E-state index in [1.165, 1.54) is 24.3 Å². The van der Waals surface area contributed by atoms with Crippen molar-refractivity contribution in [2.75, 3.05) is 0 Å². The first-order valence-corrected chi connectivity index (χ1v) is 5.33. The van der Waals surface area contributed by atoms with Crippen LogP contribution in [0.3, 0.4) is 0 Å². The largest absolute Gasteiger partial charge is 0.508 e. The van der Waals surface area contributed by atoms with Crippen LogP contribution in [-0.4, -0.2) is 20.4 Å². The second-order valence-electron chi connectivity index (χ2n) is 3.72. The van der Waals surface area contributed by atoms with E-state index in [-0.39, 0.29) is 34.5 Å². The van der Waals surface area contributed by atoms with Crippen molar-refractivity contribution in [3.05, 3.63) is 36.4 Å². The van der Waals surface area contributed by atoms with Gasteiger partial charge < -0.3 is 30.1 Å². The van der Waals surface area contributed by atoms with Crippen LogP contribution in [0.2, 0.25) is 0 Å². The van der Waals surface area contributed by atoms with Crippen molar-refractivity contribution >= 4 is 0 Å². The Morgan fingerprint density at radius 3 is 1.15 bits per heavy atom. The molecule has 0 aromatic heterocycles. The number of aromatic hydroxyl groups is 4. The number of benzene rings is 2. The summed E-state index contributed by atoms with van der Waals surface area (Å²) in [6.07, 6.45) is 0. The predicted octanol–water partition coefficient (Wildman–Crippen LogP) is 2.25. The van der Waals surface area contributed by atoms with E-state index in [1.807, 2.05) is 0 Å². The minimum absolute atomic E-state index is 0.0496. The van der Waals surface area contributed by atoms with Crippen LogP contribution in [0.5, 0.6) is 34.5 Å². The van der Waals surface area contributed by atoms with Gasteiger partial charge >= 0.3 is 0 Å². The Kier molecular flexibility index (Phi) is 3.75. The molecule has 0 unspecified atom stereocenters. The molecule has 8 nitrogen and oxygen atoms in total. The average molecular weight is 278 g/mol. The molecule has 0 saturated carbocycles. The van der Waals surface area contributed by atoms with Gasteiger partial charge in [-0.3, -0.25) is 0 Å². The molecule has 2 rings (SSSR count). The first-order chi connectivity index (χ1) is 9.52. The van der Waals surface area contributed by atoms with Crippen LogP contribution >= 0.6 is 0 Å². The highest BCUT2D eigenvalue weighted by Crippen LogP contribution is 2.27. The summed E-state index contributed by atoms with van der Waals surface area (Å²) in [7, 11) is 0. The molecule has 0 spiro atoms. The first kappa shape index (κ1) is 13.3. The van der Waals surface area contributed by atoms with E-state index in [0.29, 0.717) is 0 Å². The second kappa shape index (κ2) is 5.65. The molecule has 8 heteroatoms. The van der Waals surface area contributed by atoms with Gasteiger partial charge in [0.25, 0.3) is 0 Å². The molecule has 0 fully saturated rings. The molecular weight excluding hydrogens is 268 g/mol. The number of rotatable bonds is 4. The smallest absolute Gasteiger partial charge is 0.167 e. The highest BCUT2D eigenvalue weighted by Gasteiger charge is 2.01. The van der Waals surface area contributed by atoms with Gasteiger partial charge in [-0.15, -0.1) is 0 Å². The molecule has 2 aromatic carbocycles. The van der Waals surface area contributed by atoms with Gasteiger partial charge in [0.15, 0.2) is 11.5 Å². The summed E-state index contributed by atoms with van der Waals surface area (Å²) in [6.45, 7) is 0. The lowest BCUT2D eigenvalue weighted by Crippen LogP contribution is -1.86. The molecule has 2 aromatic rings. The monoisotopic (exact) mass is 278 g/mol. The molecule has 104 valence electrons. The molecule has 0 radical (unpaired) electrons. The number of hydrogen-bond donors (Lipinski definition) is 4. The van der Waals surface area contributed by atoms with Crippen LogP contribution in [0, 0.1) is 0 Å². The van der Waals surface area contributed by atoms with Crippen LogP contribution in [0.1, 0.15) is 0 Å². The van der Waals surface area contributed by atoms with E-state index in [9.17, 15) is 20.4 Å². The van der Waals surface area contributed by atoms with Gasteiger partial charge in [-0.2, -0.15) is 0 Å². The standard InChI is InChI=1S/C12H10N2O6/c15-7-1-8(16)4-11(3-7)19-13-14-20-12-5-9(17)2-10(18)6-12/h1-6,15-18H. The molecule has 4 N–H and O–H groups in total. The number of hydrogen-bond acceptors (Lipinski definition) is 8. The van der Waals surface area contributed by atoms with Gasteiger partial charge in [-0.05, 0) is 0 Å². The fourth-order valence-electron chi connectivity index (χ4n) is 1.37. The fraction of sp³-hybridized carbons (Fsp3) is 0. The van der Waals surface area contributed by atoms with Gasteiger partial charge in [-0.1, -0.05) is 0 Å². The van der Waals surface area contributed by atoms with Gasteiger partial charge in [-0.25, -0.2) is 0 Å². The molecule has 0 saturated heterocycles. The maximum absolute atomic E-state index is 9.19. The first-order valence-electron chi connectivity index (χ1n) is 5.33. The summed E-state index contributed by atoms with van der Waals surface area (Å²) in [5.41, 5.74) is 0. The van der Waals surface area contributed by atoms with Crippen molar-refractivity contribution in [2.45, 2.75) is 0 Å². The van der Waals surface area contributed by atoms with Gasteiger partial charge in [0.2, 0.25) is 0 Å². The van der Waals surface area contributed by atoms with Crippen LogP contribution in [-0.2, 0) is 0 Å². The third-order valence-corrected chi connectivity index (χ3v) is 2.08. The van der Waals surface area contributed by atoms with E-state index in [2.05, 4.69) is 10.6 Å². The Morgan fingerprint density at radius 1 is 0.550 bits per heavy atom. The van der Waals surface area contributed by atoms with Crippen molar-refractivity contribution in [3.8, 4) is 34.5 Å². The van der Waals surface area contributed by atoms with Gasteiger partial charge in [0, 0.05) is 36.4 Å². The zero-order chi connectivity index (χ0) is 14.5. The third-order valence-electron chi connectivity index (χ3n) is 2.08. The Labute approximate surface area is 112 Å². The van der Waals surface area contributed by atoms with Crippen LogP contribution in [0.15, 0.2) is 47.0 Å². The highest BCUT2D eigenvalue weighted by molar-refractivity contribution is 5.41. The number of phenolic OH excluding ortho intramolecular Hbond substituents is 4. The topological polar surface area (TPSA) is 124 Å². The maximum atomic E-state index is 9.19. The van der Waals surface area contributed by atoms with E-state index < -0.39 is 0 Å². The lowest BCUT2D eigenvalue weighted by molar-refractivity contribution is 0.206. The molecule has 0 atom stereocenters. The van der Waals surface area contributed by atoms with Gasteiger partial charge in [0.1, 0.15) is 23.0 Å². The summed E-state index contributed by atoms with van der Waals surface area (Å²) < 4.78 is 0. The Morgan fingerprint density at radius 2 is 0.850 bits per heavy atom. The van der Waals surface area contributed by atoms with Crippen LogP contribution < -0.4 is 9.68 Å². The summed E-state index contributed by atoms with van der Waals surface area (Å²) in [5.74, 6) is -0.701. The SMILES string of the molecule is Oc1cc(O)cc(ON=NOc2cc(O)cc(O)c2)c1. The van der Waals surface area contributed by atoms with Crippen molar-refractivity contribution in [1.82, 2.24) is 0 Å². The highest BCUT2D eigenvalue weighted by atomic mass is 16.7. The molecule has 0 aliphatic heterocycles. The zero-order valence-electron chi connectivity index (χ0n) is 9.96. The number of nitrogens with zero attached hydrogens (tertiary/aromatic N) is 2. The lowest BCUT2D eigenvalue weighted by atomic mass is 10.3. The van der Waals surface area contributed by atoms with Crippen LogP contribution in [0.25, 0.3) is 0 Å². The second-order valence-corrected chi connectivity index (χ2v) is 3.72. The minimum atomic E-state index is -0.200. The maximum Gasteiger partial charge on any atom is 0.167 e. The average Bonchev–Trinajstić information content (AvgIpc) is 2.32. The van der Waals surface area contributed by atoms with Crippen molar-refractivity contribution in [1.29, 1.82) is 0 Å². The van der Waals surface area contributed by atoms with Crippen molar-refractivity contribution in [2.24, 2.45) is 10.6 Å². The summed E-state index contributed by atoms with van der Waals surface area (Å²) in [4.78, 5) is 9.48. The fourth-order valence-corrected chi connectivity index (χ4v) is 1.37. The summed E-state index contributed by atoms with van der Waals surface area (Å²) in [5, 5.41) is 43.2. The quantitative estimate of drug-likeness (QED) is 0.502. The zero-order valence-corrected chi connectivity index (χ0v) is 9.96. The number of phenols is 4. The molecule has 0 aliphatic rings. The Hall–Kier alpha value is -3.16. The minimum Gasteiger partial charge on any atom is -0.508 e. The van der Waals surface area contributed by atoms with E-state index in [1.54, 1.807) is 0 Å².